The third-order valence-corrected chi connectivity index (χ3v) is 3.72. The molecule has 23 heavy (non-hydrogen) atoms. The number of methoxy groups -OCH3 is 1. The second-order valence-electron chi connectivity index (χ2n) is 5.00. The summed E-state index contributed by atoms with van der Waals surface area (Å²) in [5.41, 5.74) is 0.203. The first-order valence-corrected chi connectivity index (χ1v) is 6.70. The van der Waals surface area contributed by atoms with Gasteiger partial charge in [0.1, 0.15) is 22.3 Å². The molecule has 0 aliphatic carbocycles. The molecule has 0 radical (unpaired) electrons. The van der Waals surface area contributed by atoms with E-state index in [1.165, 1.54) is 25.3 Å². The Morgan fingerprint density at radius 1 is 1.04 bits per heavy atom. The molecule has 114 valence electrons. The molecule has 0 aliphatic rings. The van der Waals surface area contributed by atoms with Gasteiger partial charge in [-0.25, -0.2) is 4.79 Å². The van der Waals surface area contributed by atoms with Gasteiger partial charge in [0.25, 0.3) is 5.69 Å². The molecule has 0 saturated carbocycles. The lowest BCUT2D eigenvalue weighted by molar-refractivity contribution is -0.384. The lowest BCUT2D eigenvalue weighted by atomic mass is 10.1. The minimum Gasteiger partial charge on any atom is -0.497 e. The third-order valence-electron chi connectivity index (χ3n) is 3.72. The van der Waals surface area contributed by atoms with Crippen LogP contribution in [0.3, 0.4) is 0 Å². The van der Waals surface area contributed by atoms with E-state index in [2.05, 4.69) is 0 Å². The van der Waals surface area contributed by atoms with E-state index in [0.717, 1.165) is 0 Å². The van der Waals surface area contributed by atoms with Crippen molar-refractivity contribution in [3.8, 4) is 5.75 Å². The highest BCUT2D eigenvalue weighted by atomic mass is 16.6. The zero-order chi connectivity index (χ0) is 16.1. The molecule has 0 bridgehead atoms. The molecule has 2 aromatic carbocycles. The van der Waals surface area contributed by atoms with E-state index in [9.17, 15) is 14.9 Å². The van der Waals surface area contributed by atoms with Gasteiger partial charge < -0.3 is 13.6 Å². The van der Waals surface area contributed by atoms with Gasteiger partial charge in [0, 0.05) is 11.5 Å². The summed E-state index contributed by atoms with van der Waals surface area (Å²) in [6, 6.07) is 9.18. The first-order chi connectivity index (χ1) is 11.1. The zero-order valence-electron chi connectivity index (χ0n) is 11.9. The number of nitrogens with zero attached hydrogens (tertiary/aromatic N) is 1. The van der Waals surface area contributed by atoms with Crippen LogP contribution >= 0.6 is 0 Å². The number of furan rings is 1. The van der Waals surface area contributed by atoms with Crippen molar-refractivity contribution in [3.63, 3.8) is 0 Å². The topological polar surface area (TPSA) is 95.7 Å². The summed E-state index contributed by atoms with van der Waals surface area (Å²) in [7, 11) is 1.53. The minimum atomic E-state index is -0.611. The number of nitro benzene ring substituents is 1. The Morgan fingerprint density at radius 3 is 2.61 bits per heavy atom. The number of fused-ring (bicyclic) bond motifs is 5. The number of non-ortho nitro benzene ring substituents is 1. The summed E-state index contributed by atoms with van der Waals surface area (Å²) in [4.78, 5) is 22.6. The number of nitro groups is 1. The maximum atomic E-state index is 12.3. The number of hydrogen-bond acceptors (Lipinski definition) is 6. The summed E-state index contributed by atoms with van der Waals surface area (Å²) in [6.45, 7) is 0. The van der Waals surface area contributed by atoms with E-state index >= 15 is 0 Å². The van der Waals surface area contributed by atoms with Crippen LogP contribution in [0.2, 0.25) is 0 Å². The lowest BCUT2D eigenvalue weighted by Gasteiger charge is -1.98. The molecule has 0 spiro atoms. The van der Waals surface area contributed by atoms with Crippen LogP contribution in [0.1, 0.15) is 0 Å². The molecule has 0 amide bonds. The van der Waals surface area contributed by atoms with Crippen molar-refractivity contribution >= 4 is 38.6 Å². The number of ether oxygens (including phenoxy) is 1. The van der Waals surface area contributed by atoms with Crippen LogP contribution in [0.5, 0.6) is 5.75 Å². The molecular formula is C16H9NO6. The maximum absolute atomic E-state index is 12.3. The molecule has 2 heterocycles. The summed E-state index contributed by atoms with van der Waals surface area (Å²) >= 11 is 0. The predicted molar refractivity (Wildman–Crippen MR) is 83.0 cm³/mol. The molecule has 0 fully saturated rings. The second-order valence-corrected chi connectivity index (χ2v) is 5.00. The Hall–Kier alpha value is -3.35. The molecule has 0 atom stereocenters. The van der Waals surface area contributed by atoms with Crippen LogP contribution in [-0.4, -0.2) is 12.0 Å². The highest BCUT2D eigenvalue weighted by Crippen LogP contribution is 2.34. The van der Waals surface area contributed by atoms with Crippen molar-refractivity contribution < 1.29 is 18.5 Å². The number of hydrogen-bond donors (Lipinski definition) is 0. The van der Waals surface area contributed by atoms with Crippen LogP contribution in [0.4, 0.5) is 5.69 Å². The van der Waals surface area contributed by atoms with Gasteiger partial charge in [-0.2, -0.15) is 0 Å². The Bertz CT molecular complexity index is 1150. The fourth-order valence-corrected chi connectivity index (χ4v) is 2.64. The molecule has 0 unspecified atom stereocenters. The maximum Gasteiger partial charge on any atom is 0.348 e. The standard InChI is InChI=1S/C16H9NO6/c1-21-9-3-5-12-11(7-9)14-15(22-12)10-4-2-8(17(19)20)6-13(10)23-16(14)18/h2-7H,1H3. The van der Waals surface area contributed by atoms with Crippen molar-refractivity contribution in [2.75, 3.05) is 7.11 Å². The highest BCUT2D eigenvalue weighted by molar-refractivity contribution is 6.13. The van der Waals surface area contributed by atoms with Crippen LogP contribution in [-0.2, 0) is 0 Å². The minimum absolute atomic E-state index is 0.114. The van der Waals surface area contributed by atoms with Gasteiger partial charge in [-0.1, -0.05) is 0 Å². The Labute approximate surface area is 127 Å². The van der Waals surface area contributed by atoms with Crippen LogP contribution in [0.25, 0.3) is 32.9 Å². The predicted octanol–water partition coefficient (Wildman–Crippen LogP) is 3.61. The van der Waals surface area contributed by atoms with Gasteiger partial charge in [-0.15, -0.1) is 0 Å². The van der Waals surface area contributed by atoms with Crippen molar-refractivity contribution in [1.29, 1.82) is 0 Å². The van der Waals surface area contributed by atoms with Gasteiger partial charge in [0.2, 0.25) is 0 Å². The fraction of sp³-hybridized carbons (Fsp3) is 0.0625. The van der Waals surface area contributed by atoms with Gasteiger partial charge in [-0.05, 0) is 24.3 Å². The highest BCUT2D eigenvalue weighted by Gasteiger charge is 2.18. The average molecular weight is 311 g/mol. The van der Waals surface area contributed by atoms with Crippen LogP contribution < -0.4 is 10.4 Å². The van der Waals surface area contributed by atoms with E-state index in [1.807, 2.05) is 0 Å². The Morgan fingerprint density at radius 2 is 1.87 bits per heavy atom. The van der Waals surface area contributed by atoms with E-state index in [-0.39, 0.29) is 11.3 Å². The summed E-state index contributed by atoms with van der Waals surface area (Å²) in [5, 5.41) is 12.2. The summed E-state index contributed by atoms with van der Waals surface area (Å²) in [6.07, 6.45) is 0. The van der Waals surface area contributed by atoms with E-state index in [0.29, 0.717) is 33.1 Å². The van der Waals surface area contributed by atoms with E-state index in [4.69, 9.17) is 13.6 Å². The lowest BCUT2D eigenvalue weighted by Crippen LogP contribution is -1.98. The number of rotatable bonds is 2. The molecular weight excluding hydrogens is 302 g/mol. The van der Waals surface area contributed by atoms with Gasteiger partial charge in [-0.3, -0.25) is 10.1 Å². The van der Waals surface area contributed by atoms with Gasteiger partial charge >= 0.3 is 5.63 Å². The monoisotopic (exact) mass is 311 g/mol. The van der Waals surface area contributed by atoms with Crippen molar-refractivity contribution in [2.24, 2.45) is 0 Å². The molecule has 0 saturated heterocycles. The molecule has 7 nitrogen and oxygen atoms in total. The van der Waals surface area contributed by atoms with Crippen LogP contribution in [0, 0.1) is 10.1 Å². The fourth-order valence-electron chi connectivity index (χ4n) is 2.64. The largest absolute Gasteiger partial charge is 0.497 e. The van der Waals surface area contributed by atoms with Crippen molar-refractivity contribution in [2.45, 2.75) is 0 Å². The smallest absolute Gasteiger partial charge is 0.348 e. The quantitative estimate of drug-likeness (QED) is 0.319. The van der Waals surface area contributed by atoms with Crippen LogP contribution in [0.15, 0.2) is 50.0 Å². The third kappa shape index (κ3) is 1.87. The van der Waals surface area contributed by atoms with Gasteiger partial charge in [0.05, 0.1) is 23.5 Å². The molecule has 4 rings (SSSR count). The first-order valence-electron chi connectivity index (χ1n) is 6.70. The average Bonchev–Trinajstić information content (AvgIpc) is 2.93. The second kappa shape index (κ2) is 4.57. The van der Waals surface area contributed by atoms with Crippen molar-refractivity contribution in [3.05, 3.63) is 56.9 Å². The summed E-state index contributed by atoms with van der Waals surface area (Å²) in [5.74, 6) is 0.586. The Kier molecular flexibility index (Phi) is 2.65. The zero-order valence-corrected chi connectivity index (χ0v) is 11.9. The van der Waals surface area contributed by atoms with E-state index < -0.39 is 10.5 Å². The molecule has 0 N–H and O–H groups in total. The number of benzene rings is 2. The van der Waals surface area contributed by atoms with Gasteiger partial charge in [0.15, 0.2) is 5.58 Å². The molecule has 7 heteroatoms. The van der Waals surface area contributed by atoms with E-state index in [1.54, 1.807) is 18.2 Å². The Balaban J connectivity index is 2.17. The SMILES string of the molecule is COc1ccc2oc3c4ccc([N+](=O)[O-])cc4oc(=O)c3c2c1. The van der Waals surface area contributed by atoms with Crippen molar-refractivity contribution in [1.82, 2.24) is 0 Å². The molecule has 0 aliphatic heterocycles. The summed E-state index contributed by atoms with van der Waals surface area (Å²) < 4.78 is 16.2. The first kappa shape index (κ1) is 13.3. The normalized spacial score (nSPS) is 11.3. The molecule has 2 aromatic heterocycles. The molecule has 4 aromatic rings.